The molecule has 0 atom stereocenters. The Kier molecular flexibility index (Phi) is 4.94. The summed E-state index contributed by atoms with van der Waals surface area (Å²) in [6.07, 6.45) is 0. The molecule has 0 fully saturated rings. The Hall–Kier alpha value is -1.64. The highest BCUT2D eigenvalue weighted by atomic mass is 16.3. The van der Waals surface area contributed by atoms with Gasteiger partial charge in [-0.1, -0.05) is 48.5 Å². The van der Waals surface area contributed by atoms with Gasteiger partial charge in [0.1, 0.15) is 0 Å². The average Bonchev–Trinajstić information content (AvgIpc) is 2.47. The van der Waals surface area contributed by atoms with E-state index < -0.39 is 0 Å². The van der Waals surface area contributed by atoms with Crippen LogP contribution in [-0.4, -0.2) is 23.4 Å². The molecular formula is C18H22O2. The third kappa shape index (κ3) is 2.92. The molecule has 0 bridgehead atoms. The van der Waals surface area contributed by atoms with E-state index >= 15 is 0 Å². The van der Waals surface area contributed by atoms with Crippen LogP contribution in [0.5, 0.6) is 0 Å². The molecule has 0 aliphatic carbocycles. The summed E-state index contributed by atoms with van der Waals surface area (Å²) in [6, 6.07) is 16.4. The normalized spacial score (nSPS) is 11.3. The number of hydrogen-bond donors (Lipinski definition) is 2. The monoisotopic (exact) mass is 270 g/mol. The zero-order valence-electron chi connectivity index (χ0n) is 12.1. The fourth-order valence-corrected chi connectivity index (χ4v) is 2.82. The molecule has 20 heavy (non-hydrogen) atoms. The van der Waals surface area contributed by atoms with Crippen molar-refractivity contribution in [1.29, 1.82) is 0 Å². The van der Waals surface area contributed by atoms with Gasteiger partial charge >= 0.3 is 0 Å². The van der Waals surface area contributed by atoms with E-state index in [9.17, 15) is 10.2 Å². The van der Waals surface area contributed by atoms with E-state index in [0.29, 0.717) is 0 Å². The van der Waals surface area contributed by atoms with E-state index in [4.69, 9.17) is 0 Å². The van der Waals surface area contributed by atoms with Crippen molar-refractivity contribution in [1.82, 2.24) is 0 Å². The van der Waals surface area contributed by atoms with Crippen molar-refractivity contribution >= 4 is 0 Å². The maximum Gasteiger partial charge on any atom is 0.0490 e. The van der Waals surface area contributed by atoms with Crippen LogP contribution in [0.3, 0.4) is 0 Å². The topological polar surface area (TPSA) is 40.5 Å². The van der Waals surface area contributed by atoms with Crippen molar-refractivity contribution in [3.05, 3.63) is 70.8 Å². The molecule has 106 valence electrons. The van der Waals surface area contributed by atoms with Gasteiger partial charge in [-0.05, 0) is 36.1 Å². The lowest BCUT2D eigenvalue weighted by Crippen LogP contribution is -2.23. The molecule has 2 heteroatoms. The second-order valence-electron chi connectivity index (χ2n) is 5.32. The quantitative estimate of drug-likeness (QED) is 0.876. The molecule has 0 spiro atoms. The molecule has 2 rings (SSSR count). The molecule has 0 heterocycles. The van der Waals surface area contributed by atoms with E-state index in [1.165, 1.54) is 22.3 Å². The van der Waals surface area contributed by atoms with Crippen molar-refractivity contribution in [3.63, 3.8) is 0 Å². The highest BCUT2D eigenvalue weighted by Crippen LogP contribution is 2.35. The van der Waals surface area contributed by atoms with Gasteiger partial charge in [0.05, 0.1) is 0 Å². The molecule has 0 aliphatic rings. The fourth-order valence-electron chi connectivity index (χ4n) is 2.82. The molecule has 2 aromatic rings. The van der Waals surface area contributed by atoms with Crippen LogP contribution in [0.15, 0.2) is 48.5 Å². The first kappa shape index (κ1) is 14.8. The number of aliphatic hydroxyl groups excluding tert-OH is 2. The van der Waals surface area contributed by atoms with E-state index in [2.05, 4.69) is 38.1 Å². The van der Waals surface area contributed by atoms with E-state index in [0.717, 1.165) is 0 Å². The predicted molar refractivity (Wildman–Crippen MR) is 81.9 cm³/mol. The Balaban J connectivity index is 2.57. The first-order valence-electron chi connectivity index (χ1n) is 7.01. The van der Waals surface area contributed by atoms with Crippen molar-refractivity contribution < 1.29 is 10.2 Å². The molecule has 0 aromatic heterocycles. The summed E-state index contributed by atoms with van der Waals surface area (Å²) in [6.45, 7) is 4.10. The number of hydrogen-bond acceptors (Lipinski definition) is 2. The third-order valence-electron chi connectivity index (χ3n) is 3.99. The third-order valence-corrected chi connectivity index (χ3v) is 3.99. The highest BCUT2D eigenvalue weighted by molar-refractivity contribution is 5.41. The van der Waals surface area contributed by atoms with Crippen LogP contribution in [-0.2, 0) is 0 Å². The Labute approximate surface area is 120 Å². The first-order valence-corrected chi connectivity index (χ1v) is 7.01. The van der Waals surface area contributed by atoms with Crippen LogP contribution in [0, 0.1) is 19.8 Å². The van der Waals surface area contributed by atoms with Crippen LogP contribution in [0.2, 0.25) is 0 Å². The van der Waals surface area contributed by atoms with Gasteiger partial charge in [-0.2, -0.15) is 0 Å². The van der Waals surface area contributed by atoms with Gasteiger partial charge in [-0.3, -0.25) is 0 Å². The van der Waals surface area contributed by atoms with Gasteiger partial charge in [0.25, 0.3) is 0 Å². The van der Waals surface area contributed by atoms with Crippen LogP contribution in [0.25, 0.3) is 0 Å². The summed E-state index contributed by atoms with van der Waals surface area (Å²) in [5, 5.41) is 19.3. The fraction of sp³-hybridized carbons (Fsp3) is 0.333. The maximum absolute atomic E-state index is 9.64. The average molecular weight is 270 g/mol. The smallest absolute Gasteiger partial charge is 0.0490 e. The van der Waals surface area contributed by atoms with Gasteiger partial charge in [0.2, 0.25) is 0 Å². The second kappa shape index (κ2) is 6.69. The van der Waals surface area contributed by atoms with Gasteiger partial charge in [0, 0.05) is 25.0 Å². The van der Waals surface area contributed by atoms with Crippen molar-refractivity contribution in [2.75, 3.05) is 13.2 Å². The van der Waals surface area contributed by atoms with Crippen LogP contribution < -0.4 is 0 Å². The summed E-state index contributed by atoms with van der Waals surface area (Å²) in [7, 11) is 0. The molecule has 0 saturated carbocycles. The van der Waals surface area contributed by atoms with E-state index in [1.54, 1.807) is 0 Å². The molecule has 2 nitrogen and oxygen atoms in total. The van der Waals surface area contributed by atoms with Gasteiger partial charge < -0.3 is 10.2 Å². The molecule has 0 unspecified atom stereocenters. The van der Waals surface area contributed by atoms with Gasteiger partial charge in [-0.15, -0.1) is 0 Å². The Morgan fingerprint density at radius 2 is 1.15 bits per heavy atom. The van der Waals surface area contributed by atoms with E-state index in [1.807, 2.05) is 24.3 Å². The number of aliphatic hydroxyl groups is 2. The number of aryl methyl sites for hydroxylation is 2. The van der Waals surface area contributed by atoms with Gasteiger partial charge in [-0.25, -0.2) is 0 Å². The Morgan fingerprint density at radius 3 is 1.50 bits per heavy atom. The summed E-state index contributed by atoms with van der Waals surface area (Å²) in [5.74, 6) is -0.162. The molecule has 0 saturated heterocycles. The zero-order valence-corrected chi connectivity index (χ0v) is 12.1. The standard InChI is InChI=1S/C18H22O2/c1-13-7-3-5-9-16(13)18(15(11-19)12-20)17-10-6-4-8-14(17)2/h3-10,15,18-20H,11-12H2,1-2H3. The predicted octanol–water partition coefficient (Wildman–Crippen LogP) is 3.04. The number of benzene rings is 2. The van der Waals surface area contributed by atoms with Crippen molar-refractivity contribution in [2.45, 2.75) is 19.8 Å². The minimum Gasteiger partial charge on any atom is -0.396 e. The summed E-state index contributed by atoms with van der Waals surface area (Å²) in [4.78, 5) is 0. The minimum absolute atomic E-state index is 0.0207. The molecular weight excluding hydrogens is 248 g/mol. The Morgan fingerprint density at radius 1 is 0.750 bits per heavy atom. The SMILES string of the molecule is Cc1ccccc1C(c1ccccc1C)C(CO)CO. The van der Waals surface area contributed by atoms with Crippen LogP contribution >= 0.6 is 0 Å². The Bertz CT molecular complexity index is 513. The lowest BCUT2D eigenvalue weighted by molar-refractivity contribution is 0.138. The largest absolute Gasteiger partial charge is 0.396 e. The minimum atomic E-state index is -0.183. The van der Waals surface area contributed by atoms with Crippen molar-refractivity contribution in [2.24, 2.45) is 5.92 Å². The van der Waals surface area contributed by atoms with Crippen LogP contribution in [0.1, 0.15) is 28.2 Å². The van der Waals surface area contributed by atoms with E-state index in [-0.39, 0.29) is 25.0 Å². The van der Waals surface area contributed by atoms with Gasteiger partial charge in [0.15, 0.2) is 0 Å². The molecule has 0 aliphatic heterocycles. The first-order chi connectivity index (χ1) is 9.69. The summed E-state index contributed by atoms with van der Waals surface area (Å²) < 4.78 is 0. The molecule has 0 radical (unpaired) electrons. The molecule has 2 aromatic carbocycles. The lowest BCUT2D eigenvalue weighted by atomic mass is 9.78. The molecule has 0 amide bonds. The summed E-state index contributed by atoms with van der Waals surface area (Å²) in [5.41, 5.74) is 4.73. The van der Waals surface area contributed by atoms with Crippen molar-refractivity contribution in [3.8, 4) is 0 Å². The van der Waals surface area contributed by atoms with Crippen LogP contribution in [0.4, 0.5) is 0 Å². The highest BCUT2D eigenvalue weighted by Gasteiger charge is 2.26. The second-order valence-corrected chi connectivity index (χ2v) is 5.32. The summed E-state index contributed by atoms with van der Waals surface area (Å²) >= 11 is 0. The zero-order chi connectivity index (χ0) is 14.5. The lowest BCUT2D eigenvalue weighted by Gasteiger charge is -2.28. The molecule has 2 N–H and O–H groups in total. The maximum atomic E-state index is 9.64. The number of rotatable bonds is 5.